The van der Waals surface area contributed by atoms with Crippen molar-refractivity contribution < 1.29 is 12.6 Å². The first-order chi connectivity index (χ1) is 10.4. The van der Waals surface area contributed by atoms with Gasteiger partial charge in [0.2, 0.25) is 0 Å². The third kappa shape index (κ3) is 3.96. The van der Waals surface area contributed by atoms with Crippen LogP contribution >= 0.6 is 0 Å². The van der Waals surface area contributed by atoms with E-state index in [0.717, 1.165) is 10.5 Å². The number of rotatable bonds is 6. The standard InChI is InChI=1S/C16H19NO3S2/c1-3-22(19,20)16-7-5-4-6-15(16)17-12-13-8-10-14(11-9-13)21(2)18/h4-11,17H,3,12H2,1-2H3. The van der Waals surface area contributed by atoms with Gasteiger partial charge < -0.3 is 5.32 Å². The predicted octanol–water partition coefficient (Wildman–Crippen LogP) is 2.83. The van der Waals surface area contributed by atoms with E-state index in [9.17, 15) is 12.6 Å². The third-order valence-electron chi connectivity index (χ3n) is 3.34. The fourth-order valence-corrected chi connectivity index (χ4v) is 3.63. The zero-order valence-electron chi connectivity index (χ0n) is 12.6. The zero-order chi connectivity index (χ0) is 16.2. The summed E-state index contributed by atoms with van der Waals surface area (Å²) in [6.45, 7) is 2.14. The van der Waals surface area contributed by atoms with Crippen molar-refractivity contribution in [1.29, 1.82) is 0 Å². The minimum atomic E-state index is -3.25. The van der Waals surface area contributed by atoms with E-state index in [4.69, 9.17) is 0 Å². The van der Waals surface area contributed by atoms with Gasteiger partial charge in [-0.3, -0.25) is 4.21 Å². The smallest absolute Gasteiger partial charge is 0.180 e. The average molecular weight is 337 g/mol. The Balaban J connectivity index is 2.17. The number of hydrogen-bond acceptors (Lipinski definition) is 4. The van der Waals surface area contributed by atoms with Gasteiger partial charge in [-0.2, -0.15) is 0 Å². The molecule has 0 spiro atoms. The van der Waals surface area contributed by atoms with Crippen molar-refractivity contribution >= 4 is 26.3 Å². The third-order valence-corrected chi connectivity index (χ3v) is 6.06. The van der Waals surface area contributed by atoms with Crippen LogP contribution in [0.15, 0.2) is 58.3 Å². The van der Waals surface area contributed by atoms with E-state index < -0.39 is 20.6 Å². The molecule has 1 N–H and O–H groups in total. The van der Waals surface area contributed by atoms with Crippen molar-refractivity contribution in [2.24, 2.45) is 0 Å². The first-order valence-electron chi connectivity index (χ1n) is 6.92. The quantitative estimate of drug-likeness (QED) is 0.880. The molecule has 1 atom stereocenters. The summed E-state index contributed by atoms with van der Waals surface area (Å²) in [4.78, 5) is 1.10. The second-order valence-corrected chi connectivity index (χ2v) is 8.48. The highest BCUT2D eigenvalue weighted by Gasteiger charge is 2.15. The molecule has 0 aliphatic carbocycles. The summed E-state index contributed by atoms with van der Waals surface area (Å²) in [5.41, 5.74) is 1.60. The lowest BCUT2D eigenvalue weighted by molar-refractivity contribution is 0.597. The van der Waals surface area contributed by atoms with E-state index in [1.54, 1.807) is 37.4 Å². The van der Waals surface area contributed by atoms with Crippen molar-refractivity contribution in [2.75, 3.05) is 17.3 Å². The van der Waals surface area contributed by atoms with Gasteiger partial charge in [-0.15, -0.1) is 0 Å². The molecule has 6 heteroatoms. The van der Waals surface area contributed by atoms with Crippen LogP contribution in [-0.2, 0) is 27.2 Å². The Bertz CT molecular complexity index is 768. The summed E-state index contributed by atoms with van der Waals surface area (Å²) in [7, 11) is -4.25. The van der Waals surface area contributed by atoms with Crippen molar-refractivity contribution in [3.8, 4) is 0 Å². The lowest BCUT2D eigenvalue weighted by Crippen LogP contribution is -2.09. The molecule has 0 amide bonds. The summed E-state index contributed by atoms with van der Waals surface area (Å²) >= 11 is 0. The monoisotopic (exact) mass is 337 g/mol. The van der Waals surface area contributed by atoms with Gasteiger partial charge in [0.25, 0.3) is 0 Å². The summed E-state index contributed by atoms with van der Waals surface area (Å²) in [5, 5.41) is 3.16. The van der Waals surface area contributed by atoms with Gasteiger partial charge in [-0.05, 0) is 29.8 Å². The highest BCUT2D eigenvalue weighted by Crippen LogP contribution is 2.22. The van der Waals surface area contributed by atoms with Crippen LogP contribution in [0.1, 0.15) is 12.5 Å². The Kier molecular flexibility index (Phi) is 5.37. The molecule has 2 aromatic rings. The lowest BCUT2D eigenvalue weighted by atomic mass is 10.2. The molecule has 0 bridgehead atoms. The van der Waals surface area contributed by atoms with Crippen molar-refractivity contribution in [3.05, 3.63) is 54.1 Å². The van der Waals surface area contributed by atoms with Gasteiger partial charge in [0, 0.05) is 28.5 Å². The number of benzene rings is 2. The fraction of sp³-hybridized carbons (Fsp3) is 0.250. The Morgan fingerprint density at radius 2 is 1.68 bits per heavy atom. The summed E-state index contributed by atoms with van der Waals surface area (Å²) in [6, 6.07) is 14.3. The second kappa shape index (κ2) is 7.07. The van der Waals surface area contributed by atoms with Crippen molar-refractivity contribution in [2.45, 2.75) is 23.3 Å². The molecule has 22 heavy (non-hydrogen) atoms. The summed E-state index contributed by atoms with van der Waals surface area (Å²) < 4.78 is 35.5. The summed E-state index contributed by atoms with van der Waals surface area (Å²) in [6.07, 6.45) is 1.64. The molecule has 118 valence electrons. The molecule has 0 aliphatic rings. The van der Waals surface area contributed by atoms with E-state index in [1.807, 2.05) is 24.3 Å². The second-order valence-electron chi connectivity index (χ2n) is 4.85. The minimum Gasteiger partial charge on any atom is -0.380 e. The molecular weight excluding hydrogens is 318 g/mol. The normalized spacial score (nSPS) is 12.8. The maximum Gasteiger partial charge on any atom is 0.180 e. The topological polar surface area (TPSA) is 63.2 Å². The van der Waals surface area contributed by atoms with Gasteiger partial charge in [0.15, 0.2) is 9.84 Å². The van der Waals surface area contributed by atoms with Gasteiger partial charge in [-0.25, -0.2) is 8.42 Å². The molecule has 0 fully saturated rings. The van der Waals surface area contributed by atoms with Crippen LogP contribution in [0, 0.1) is 0 Å². The summed E-state index contributed by atoms with van der Waals surface area (Å²) in [5.74, 6) is 0.0721. The minimum absolute atomic E-state index is 0.0721. The Labute approximate surface area is 133 Å². The largest absolute Gasteiger partial charge is 0.380 e. The number of sulfone groups is 1. The fourth-order valence-electron chi connectivity index (χ4n) is 2.04. The van der Waals surface area contributed by atoms with Crippen LogP contribution < -0.4 is 5.32 Å². The van der Waals surface area contributed by atoms with E-state index in [-0.39, 0.29) is 5.75 Å². The van der Waals surface area contributed by atoms with Gasteiger partial charge >= 0.3 is 0 Å². The van der Waals surface area contributed by atoms with E-state index in [0.29, 0.717) is 17.1 Å². The van der Waals surface area contributed by atoms with Crippen LogP contribution in [0.4, 0.5) is 5.69 Å². The molecule has 0 radical (unpaired) electrons. The number of anilines is 1. The van der Waals surface area contributed by atoms with Crippen LogP contribution in [0.2, 0.25) is 0 Å². The average Bonchev–Trinajstić information content (AvgIpc) is 2.53. The molecule has 0 aromatic heterocycles. The SMILES string of the molecule is CCS(=O)(=O)c1ccccc1NCc1ccc(S(C)=O)cc1. The van der Waals surface area contributed by atoms with Crippen molar-refractivity contribution in [1.82, 2.24) is 0 Å². The number of para-hydroxylation sites is 1. The molecule has 0 heterocycles. The Morgan fingerprint density at radius 3 is 2.27 bits per heavy atom. The maximum atomic E-state index is 12.1. The highest BCUT2D eigenvalue weighted by molar-refractivity contribution is 7.91. The van der Waals surface area contributed by atoms with Gasteiger partial charge in [0.05, 0.1) is 16.3 Å². The van der Waals surface area contributed by atoms with Crippen LogP contribution in [0.5, 0.6) is 0 Å². The van der Waals surface area contributed by atoms with Gasteiger partial charge in [-0.1, -0.05) is 31.2 Å². The first kappa shape index (κ1) is 16.7. The predicted molar refractivity (Wildman–Crippen MR) is 90.3 cm³/mol. The van der Waals surface area contributed by atoms with E-state index in [2.05, 4.69) is 5.32 Å². The molecule has 0 saturated carbocycles. The first-order valence-corrected chi connectivity index (χ1v) is 10.1. The van der Waals surface area contributed by atoms with Crippen LogP contribution in [0.3, 0.4) is 0 Å². The molecule has 4 nitrogen and oxygen atoms in total. The zero-order valence-corrected chi connectivity index (χ0v) is 14.2. The van der Waals surface area contributed by atoms with Crippen molar-refractivity contribution in [3.63, 3.8) is 0 Å². The molecule has 1 unspecified atom stereocenters. The maximum absolute atomic E-state index is 12.1. The number of nitrogens with one attached hydrogen (secondary N) is 1. The Hall–Kier alpha value is -1.66. The Morgan fingerprint density at radius 1 is 1.05 bits per heavy atom. The van der Waals surface area contributed by atoms with Crippen LogP contribution in [0.25, 0.3) is 0 Å². The van der Waals surface area contributed by atoms with Gasteiger partial charge in [0.1, 0.15) is 0 Å². The molecular formula is C16H19NO3S2. The molecule has 0 aliphatic heterocycles. The molecule has 2 aromatic carbocycles. The van der Waals surface area contributed by atoms with E-state index >= 15 is 0 Å². The van der Waals surface area contributed by atoms with Crippen LogP contribution in [-0.4, -0.2) is 24.6 Å². The number of hydrogen-bond donors (Lipinski definition) is 1. The molecule has 0 saturated heterocycles. The lowest BCUT2D eigenvalue weighted by Gasteiger charge is -2.12. The van der Waals surface area contributed by atoms with E-state index in [1.165, 1.54) is 0 Å². The molecule has 2 rings (SSSR count). The highest BCUT2D eigenvalue weighted by atomic mass is 32.2.